The Bertz CT molecular complexity index is 834. The summed E-state index contributed by atoms with van der Waals surface area (Å²) in [6.45, 7) is 3.63. The molecule has 0 radical (unpaired) electrons. The molecule has 0 aliphatic heterocycles. The van der Waals surface area contributed by atoms with E-state index in [4.69, 9.17) is 0 Å². The highest BCUT2D eigenvalue weighted by molar-refractivity contribution is 7.09. The third-order valence-corrected chi connectivity index (χ3v) is 5.10. The largest absolute Gasteiger partial charge is 0.434 e. The van der Waals surface area contributed by atoms with E-state index in [1.54, 1.807) is 19.2 Å². The molecule has 0 aliphatic carbocycles. The lowest BCUT2D eigenvalue weighted by Crippen LogP contribution is -2.37. The van der Waals surface area contributed by atoms with E-state index in [0.717, 1.165) is 35.1 Å². The average molecular weight is 442 g/mol. The van der Waals surface area contributed by atoms with Crippen molar-refractivity contribution < 1.29 is 18.0 Å². The average Bonchev–Trinajstić information content (AvgIpc) is 3.20. The molecule has 2 aromatic rings. The lowest BCUT2D eigenvalue weighted by atomic mass is 10.1. The third kappa shape index (κ3) is 7.66. The lowest BCUT2D eigenvalue weighted by Gasteiger charge is -2.12. The van der Waals surface area contributed by atoms with Gasteiger partial charge in [-0.25, -0.2) is 4.98 Å². The SMILES string of the molecule is CCCCNC(=O)c1ccc(CNC(=NC)NCCc2nc(C(F)(F)F)cs2)cc1. The number of aliphatic imine (C=N–C) groups is 1. The van der Waals surface area contributed by atoms with E-state index < -0.39 is 11.9 Å². The Morgan fingerprint density at radius 3 is 2.47 bits per heavy atom. The van der Waals surface area contributed by atoms with E-state index in [9.17, 15) is 18.0 Å². The van der Waals surface area contributed by atoms with Crippen LogP contribution in [0.5, 0.6) is 0 Å². The molecular formula is C20H26F3N5OS. The third-order valence-electron chi connectivity index (χ3n) is 4.19. The molecule has 0 saturated heterocycles. The Morgan fingerprint density at radius 2 is 1.87 bits per heavy atom. The molecule has 0 atom stereocenters. The van der Waals surface area contributed by atoms with Gasteiger partial charge in [-0.15, -0.1) is 11.3 Å². The standard InChI is InChI=1S/C20H26F3N5OS/c1-3-4-10-25-18(29)15-7-5-14(6-8-15)12-27-19(24-2)26-11-9-17-28-16(13-30-17)20(21,22)23/h5-8,13H,3-4,9-12H2,1-2H3,(H,25,29)(H2,24,26,27). The molecule has 0 bridgehead atoms. The fourth-order valence-corrected chi connectivity index (χ4v) is 3.31. The quantitative estimate of drug-likeness (QED) is 0.316. The van der Waals surface area contributed by atoms with Crippen LogP contribution in [0.2, 0.25) is 0 Å². The van der Waals surface area contributed by atoms with Gasteiger partial charge in [-0.05, 0) is 24.1 Å². The second kappa shape index (κ2) is 11.5. The zero-order valence-corrected chi connectivity index (χ0v) is 17.8. The Balaban J connectivity index is 1.76. The van der Waals surface area contributed by atoms with Crippen molar-refractivity contribution in [2.45, 2.75) is 38.9 Å². The van der Waals surface area contributed by atoms with E-state index in [-0.39, 0.29) is 5.91 Å². The van der Waals surface area contributed by atoms with Crippen LogP contribution in [0.4, 0.5) is 13.2 Å². The summed E-state index contributed by atoms with van der Waals surface area (Å²) in [5.74, 6) is 0.445. The van der Waals surface area contributed by atoms with Crippen LogP contribution in [0.25, 0.3) is 0 Å². The number of halogens is 3. The highest BCUT2D eigenvalue weighted by Crippen LogP contribution is 2.29. The molecule has 0 unspecified atom stereocenters. The van der Waals surface area contributed by atoms with E-state index >= 15 is 0 Å². The smallest absolute Gasteiger partial charge is 0.356 e. The number of guanidine groups is 1. The maximum atomic E-state index is 12.6. The van der Waals surface area contributed by atoms with Gasteiger partial charge in [0.05, 0.1) is 5.01 Å². The van der Waals surface area contributed by atoms with Crippen LogP contribution in [0.3, 0.4) is 0 Å². The van der Waals surface area contributed by atoms with Gasteiger partial charge in [-0.1, -0.05) is 25.5 Å². The molecule has 6 nitrogen and oxygen atoms in total. The number of carbonyl (C=O) groups is 1. The number of benzene rings is 1. The van der Waals surface area contributed by atoms with Crippen molar-refractivity contribution in [2.24, 2.45) is 4.99 Å². The monoisotopic (exact) mass is 441 g/mol. The number of aromatic nitrogens is 1. The number of nitrogens with one attached hydrogen (secondary N) is 3. The normalized spacial score (nSPS) is 12.0. The van der Waals surface area contributed by atoms with E-state index in [2.05, 4.69) is 32.9 Å². The fraction of sp³-hybridized carbons (Fsp3) is 0.450. The highest BCUT2D eigenvalue weighted by atomic mass is 32.1. The molecule has 164 valence electrons. The number of hydrogen-bond acceptors (Lipinski definition) is 4. The summed E-state index contributed by atoms with van der Waals surface area (Å²) in [6.07, 6.45) is -2.07. The Kier molecular flexibility index (Phi) is 9.10. The van der Waals surface area contributed by atoms with Gasteiger partial charge < -0.3 is 16.0 Å². The summed E-state index contributed by atoms with van der Waals surface area (Å²) in [5, 5.41) is 10.5. The van der Waals surface area contributed by atoms with Crippen LogP contribution >= 0.6 is 11.3 Å². The summed E-state index contributed by atoms with van der Waals surface area (Å²) in [7, 11) is 1.62. The number of amides is 1. The van der Waals surface area contributed by atoms with Gasteiger partial charge in [0.1, 0.15) is 0 Å². The van der Waals surface area contributed by atoms with Crippen molar-refractivity contribution in [3.63, 3.8) is 0 Å². The summed E-state index contributed by atoms with van der Waals surface area (Å²) in [5.41, 5.74) is 0.726. The van der Waals surface area contributed by atoms with Crippen LogP contribution in [0.15, 0.2) is 34.6 Å². The first kappa shape index (κ1) is 23.7. The summed E-state index contributed by atoms with van der Waals surface area (Å²) in [6, 6.07) is 7.27. The molecule has 3 N–H and O–H groups in total. The summed E-state index contributed by atoms with van der Waals surface area (Å²) >= 11 is 0.991. The fourth-order valence-electron chi connectivity index (χ4n) is 2.50. The predicted molar refractivity (Wildman–Crippen MR) is 113 cm³/mol. The Labute approximate surface area is 178 Å². The van der Waals surface area contributed by atoms with Crippen LogP contribution in [-0.2, 0) is 19.1 Å². The topological polar surface area (TPSA) is 78.4 Å². The van der Waals surface area contributed by atoms with Crippen molar-refractivity contribution >= 4 is 23.2 Å². The van der Waals surface area contributed by atoms with Crippen LogP contribution in [0.1, 0.15) is 46.4 Å². The molecule has 30 heavy (non-hydrogen) atoms. The molecule has 1 aromatic carbocycles. The maximum absolute atomic E-state index is 12.6. The molecule has 10 heteroatoms. The number of rotatable bonds is 9. The van der Waals surface area contributed by atoms with Gasteiger partial charge in [0, 0.05) is 44.0 Å². The minimum absolute atomic E-state index is 0.0868. The highest BCUT2D eigenvalue weighted by Gasteiger charge is 2.33. The van der Waals surface area contributed by atoms with E-state index in [0.29, 0.717) is 42.6 Å². The molecule has 0 aliphatic rings. The molecule has 0 saturated carbocycles. The zero-order valence-electron chi connectivity index (χ0n) is 17.0. The molecule has 0 fully saturated rings. The van der Waals surface area contributed by atoms with Crippen molar-refractivity contribution in [1.82, 2.24) is 20.9 Å². The summed E-state index contributed by atoms with van der Waals surface area (Å²) < 4.78 is 37.8. The van der Waals surface area contributed by atoms with Gasteiger partial charge in [0.2, 0.25) is 0 Å². The summed E-state index contributed by atoms with van der Waals surface area (Å²) in [4.78, 5) is 19.7. The van der Waals surface area contributed by atoms with Gasteiger partial charge >= 0.3 is 6.18 Å². The van der Waals surface area contributed by atoms with Crippen molar-refractivity contribution in [3.05, 3.63) is 51.5 Å². The minimum Gasteiger partial charge on any atom is -0.356 e. The first-order valence-corrected chi connectivity index (χ1v) is 10.5. The van der Waals surface area contributed by atoms with Crippen LogP contribution < -0.4 is 16.0 Å². The van der Waals surface area contributed by atoms with Gasteiger partial charge in [0.25, 0.3) is 5.91 Å². The number of hydrogen-bond donors (Lipinski definition) is 3. The maximum Gasteiger partial charge on any atom is 0.434 e. The first-order chi connectivity index (χ1) is 14.3. The number of unbranched alkanes of at least 4 members (excludes halogenated alkanes) is 1. The van der Waals surface area contributed by atoms with Crippen molar-refractivity contribution in [1.29, 1.82) is 0 Å². The number of alkyl halides is 3. The lowest BCUT2D eigenvalue weighted by molar-refractivity contribution is -0.140. The molecule has 0 spiro atoms. The van der Waals surface area contributed by atoms with Crippen molar-refractivity contribution in [3.8, 4) is 0 Å². The second-order valence-electron chi connectivity index (χ2n) is 6.53. The Morgan fingerprint density at radius 1 is 1.13 bits per heavy atom. The second-order valence-corrected chi connectivity index (χ2v) is 7.48. The van der Waals surface area contributed by atoms with E-state index in [1.807, 2.05) is 12.1 Å². The van der Waals surface area contributed by atoms with Crippen LogP contribution in [-0.4, -0.2) is 37.0 Å². The predicted octanol–water partition coefficient (Wildman–Crippen LogP) is 3.60. The van der Waals surface area contributed by atoms with E-state index in [1.165, 1.54) is 0 Å². The van der Waals surface area contributed by atoms with Crippen molar-refractivity contribution in [2.75, 3.05) is 20.1 Å². The minimum atomic E-state index is -4.41. The molecule has 2 rings (SSSR count). The van der Waals surface area contributed by atoms with Gasteiger partial charge in [-0.3, -0.25) is 9.79 Å². The molecule has 1 heterocycles. The number of thiazole rings is 1. The van der Waals surface area contributed by atoms with Gasteiger partial charge in [0.15, 0.2) is 11.7 Å². The molecule has 1 aromatic heterocycles. The molecule has 1 amide bonds. The molecular weight excluding hydrogens is 415 g/mol. The number of carbonyl (C=O) groups excluding carboxylic acids is 1. The first-order valence-electron chi connectivity index (χ1n) is 9.66. The Hall–Kier alpha value is -2.62. The zero-order chi connectivity index (χ0) is 22.0. The van der Waals surface area contributed by atoms with Crippen LogP contribution in [0, 0.1) is 0 Å². The van der Waals surface area contributed by atoms with Gasteiger partial charge in [-0.2, -0.15) is 13.2 Å². The number of nitrogens with zero attached hydrogens (tertiary/aromatic N) is 2.